The zero-order chi connectivity index (χ0) is 26.6. The topological polar surface area (TPSA) is 61.2 Å². The SMILES string of the molecule is N#Cc1cnc2cc(C=CCCCCCCCCCN3CCOCC3)ccc2c1Nc1ccc(Cl)cc1Cl. The van der Waals surface area contributed by atoms with E-state index in [0.717, 1.165) is 49.2 Å². The molecule has 0 bridgehead atoms. The van der Waals surface area contributed by atoms with E-state index >= 15 is 0 Å². The first-order valence-electron chi connectivity index (χ1n) is 13.7. The van der Waals surface area contributed by atoms with Crippen LogP contribution in [0.3, 0.4) is 0 Å². The Morgan fingerprint density at radius 2 is 1.74 bits per heavy atom. The number of pyridine rings is 1. The van der Waals surface area contributed by atoms with Crippen LogP contribution >= 0.6 is 23.2 Å². The molecule has 2 aromatic carbocycles. The lowest BCUT2D eigenvalue weighted by molar-refractivity contribution is 0.0371. The van der Waals surface area contributed by atoms with Crippen molar-refractivity contribution in [1.82, 2.24) is 9.88 Å². The van der Waals surface area contributed by atoms with Gasteiger partial charge in [0.1, 0.15) is 6.07 Å². The molecule has 5 nitrogen and oxygen atoms in total. The number of morpholine rings is 1. The fourth-order valence-electron chi connectivity index (χ4n) is 4.78. The summed E-state index contributed by atoms with van der Waals surface area (Å²) in [5, 5.41) is 14.9. The molecule has 0 unspecified atom stereocenters. The van der Waals surface area contributed by atoms with Crippen molar-refractivity contribution in [2.45, 2.75) is 51.4 Å². The average Bonchev–Trinajstić information content (AvgIpc) is 2.93. The second kappa shape index (κ2) is 15.1. The number of ether oxygens (including phenoxy) is 1. The van der Waals surface area contributed by atoms with Crippen molar-refractivity contribution in [3.63, 3.8) is 0 Å². The van der Waals surface area contributed by atoms with Gasteiger partial charge in [-0.05, 0) is 55.6 Å². The molecule has 200 valence electrons. The predicted molar refractivity (Wildman–Crippen MR) is 159 cm³/mol. The maximum absolute atomic E-state index is 9.63. The van der Waals surface area contributed by atoms with Crippen LogP contribution in [0.5, 0.6) is 0 Å². The second-order valence-electron chi connectivity index (χ2n) is 9.80. The molecule has 1 aromatic heterocycles. The molecule has 0 atom stereocenters. The minimum atomic E-state index is 0.462. The number of rotatable bonds is 13. The monoisotopic (exact) mass is 550 g/mol. The fourth-order valence-corrected chi connectivity index (χ4v) is 5.24. The molecule has 3 aromatic rings. The number of hydrogen-bond donors (Lipinski definition) is 1. The van der Waals surface area contributed by atoms with E-state index in [4.69, 9.17) is 27.9 Å². The molecule has 1 aliphatic rings. The van der Waals surface area contributed by atoms with Gasteiger partial charge in [0.25, 0.3) is 0 Å². The highest BCUT2D eigenvalue weighted by Crippen LogP contribution is 2.33. The van der Waals surface area contributed by atoms with Crippen molar-refractivity contribution in [1.29, 1.82) is 5.26 Å². The van der Waals surface area contributed by atoms with Gasteiger partial charge < -0.3 is 10.1 Å². The molecule has 7 heteroatoms. The number of unbranched alkanes of at least 4 members (excludes halogenated alkanes) is 7. The molecule has 0 amide bonds. The number of anilines is 2. The summed E-state index contributed by atoms with van der Waals surface area (Å²) in [4.78, 5) is 7.04. The zero-order valence-corrected chi connectivity index (χ0v) is 23.4. The Morgan fingerprint density at radius 3 is 2.50 bits per heavy atom. The summed E-state index contributed by atoms with van der Waals surface area (Å²) in [7, 11) is 0. The van der Waals surface area contributed by atoms with E-state index in [1.165, 1.54) is 51.5 Å². The van der Waals surface area contributed by atoms with Crippen molar-refractivity contribution in [3.8, 4) is 6.07 Å². The van der Waals surface area contributed by atoms with Crippen LogP contribution < -0.4 is 5.32 Å². The molecule has 0 radical (unpaired) electrons. The Balaban J connectivity index is 1.21. The molecular formula is C31H36Cl2N4O. The largest absolute Gasteiger partial charge is 0.379 e. The van der Waals surface area contributed by atoms with Crippen LogP contribution in [0.2, 0.25) is 10.0 Å². The molecule has 4 rings (SSSR count). The first kappa shape index (κ1) is 28.4. The zero-order valence-electron chi connectivity index (χ0n) is 21.9. The van der Waals surface area contributed by atoms with E-state index in [1.54, 1.807) is 18.3 Å². The number of halogens is 2. The summed E-state index contributed by atoms with van der Waals surface area (Å²) in [6.07, 6.45) is 16.3. The van der Waals surface area contributed by atoms with Crippen molar-refractivity contribution in [3.05, 3.63) is 69.8 Å². The maximum Gasteiger partial charge on any atom is 0.103 e. The van der Waals surface area contributed by atoms with Gasteiger partial charge in [0, 0.05) is 29.7 Å². The third kappa shape index (κ3) is 8.44. The standard InChI is InChI=1S/C31H36Cl2N4O/c32-26-12-14-29(28(33)21-26)36-31-25(22-34)23-35-30-20-24(11-13-27(30)31)10-8-6-4-2-1-3-5-7-9-15-37-16-18-38-19-17-37/h8,10-14,20-21,23H,1-7,9,15-19H2,(H,35,36). The number of aromatic nitrogens is 1. The Bertz CT molecular complexity index is 1260. The number of nitriles is 1. The third-order valence-electron chi connectivity index (χ3n) is 6.96. The molecule has 2 heterocycles. The van der Waals surface area contributed by atoms with Crippen molar-refractivity contribution in [2.24, 2.45) is 0 Å². The van der Waals surface area contributed by atoms with Gasteiger partial charge in [0.15, 0.2) is 0 Å². The lowest BCUT2D eigenvalue weighted by atomic mass is 10.1. The molecule has 0 spiro atoms. The molecule has 0 saturated carbocycles. The normalized spacial score (nSPS) is 14.2. The van der Waals surface area contributed by atoms with Crippen LogP contribution in [-0.2, 0) is 4.74 Å². The Labute approximate surface area is 236 Å². The van der Waals surface area contributed by atoms with Crippen LogP contribution in [0.25, 0.3) is 17.0 Å². The van der Waals surface area contributed by atoms with E-state index < -0.39 is 0 Å². The maximum atomic E-state index is 9.63. The number of allylic oxidation sites excluding steroid dienone is 1. The van der Waals surface area contributed by atoms with Crippen LogP contribution in [-0.4, -0.2) is 42.7 Å². The third-order valence-corrected chi connectivity index (χ3v) is 7.51. The Hall–Kier alpha value is -2.62. The summed E-state index contributed by atoms with van der Waals surface area (Å²) < 4.78 is 5.41. The number of nitrogens with zero attached hydrogens (tertiary/aromatic N) is 3. The summed E-state index contributed by atoms with van der Waals surface area (Å²) >= 11 is 12.4. The highest BCUT2D eigenvalue weighted by atomic mass is 35.5. The minimum Gasteiger partial charge on any atom is -0.379 e. The lowest BCUT2D eigenvalue weighted by Gasteiger charge is -2.26. The van der Waals surface area contributed by atoms with Crippen molar-refractivity contribution >= 4 is 51.6 Å². The highest BCUT2D eigenvalue weighted by molar-refractivity contribution is 6.36. The van der Waals surface area contributed by atoms with Gasteiger partial charge in [-0.15, -0.1) is 0 Å². The van der Waals surface area contributed by atoms with Gasteiger partial charge in [-0.25, -0.2) is 0 Å². The fraction of sp³-hybridized carbons (Fsp3) is 0.419. The minimum absolute atomic E-state index is 0.462. The quantitative estimate of drug-likeness (QED) is 0.216. The Morgan fingerprint density at radius 1 is 0.974 bits per heavy atom. The molecule has 1 fully saturated rings. The molecule has 0 aliphatic carbocycles. The predicted octanol–water partition coefficient (Wildman–Crippen LogP) is 8.62. The number of nitrogens with one attached hydrogen (secondary N) is 1. The highest BCUT2D eigenvalue weighted by Gasteiger charge is 2.12. The first-order chi connectivity index (χ1) is 18.6. The van der Waals surface area contributed by atoms with E-state index in [9.17, 15) is 5.26 Å². The molecule has 1 N–H and O–H groups in total. The van der Waals surface area contributed by atoms with Crippen LogP contribution in [0.15, 0.2) is 48.7 Å². The summed E-state index contributed by atoms with van der Waals surface area (Å²) in [6.45, 7) is 5.22. The van der Waals surface area contributed by atoms with Gasteiger partial charge in [-0.2, -0.15) is 5.26 Å². The van der Waals surface area contributed by atoms with E-state index in [2.05, 4.69) is 45.6 Å². The summed E-state index contributed by atoms with van der Waals surface area (Å²) in [6, 6.07) is 13.6. The first-order valence-corrected chi connectivity index (χ1v) is 14.4. The summed E-state index contributed by atoms with van der Waals surface area (Å²) in [5.41, 5.74) is 3.78. The van der Waals surface area contributed by atoms with Gasteiger partial charge >= 0.3 is 0 Å². The lowest BCUT2D eigenvalue weighted by Crippen LogP contribution is -2.36. The van der Waals surface area contributed by atoms with E-state index in [0.29, 0.717) is 27.0 Å². The van der Waals surface area contributed by atoms with Crippen LogP contribution in [0.1, 0.15) is 62.5 Å². The second-order valence-corrected chi connectivity index (χ2v) is 10.6. The van der Waals surface area contributed by atoms with Gasteiger partial charge in [0.2, 0.25) is 0 Å². The Kier molecular flexibility index (Phi) is 11.3. The molecule has 1 saturated heterocycles. The van der Waals surface area contributed by atoms with Crippen molar-refractivity contribution < 1.29 is 4.74 Å². The van der Waals surface area contributed by atoms with Crippen molar-refractivity contribution in [2.75, 3.05) is 38.2 Å². The van der Waals surface area contributed by atoms with Crippen LogP contribution in [0.4, 0.5) is 11.4 Å². The molecular weight excluding hydrogens is 515 g/mol. The number of benzene rings is 2. The summed E-state index contributed by atoms with van der Waals surface area (Å²) in [5.74, 6) is 0. The number of hydrogen-bond acceptors (Lipinski definition) is 5. The van der Waals surface area contributed by atoms with E-state index in [-0.39, 0.29) is 0 Å². The molecule has 1 aliphatic heterocycles. The van der Waals surface area contributed by atoms with Gasteiger partial charge in [0.05, 0.1) is 40.7 Å². The number of fused-ring (bicyclic) bond motifs is 1. The van der Waals surface area contributed by atoms with Gasteiger partial charge in [-0.1, -0.05) is 79.6 Å². The smallest absolute Gasteiger partial charge is 0.103 e. The van der Waals surface area contributed by atoms with E-state index in [1.807, 2.05) is 12.1 Å². The average molecular weight is 552 g/mol. The van der Waals surface area contributed by atoms with Crippen LogP contribution in [0, 0.1) is 11.3 Å². The molecule has 38 heavy (non-hydrogen) atoms. The van der Waals surface area contributed by atoms with Gasteiger partial charge in [-0.3, -0.25) is 9.88 Å².